The molecule has 0 radical (unpaired) electrons. The van der Waals surface area contributed by atoms with Gasteiger partial charge >= 0.3 is 0 Å². The van der Waals surface area contributed by atoms with Crippen LogP contribution in [0.2, 0.25) is 0 Å². The van der Waals surface area contributed by atoms with Crippen molar-refractivity contribution in [2.75, 3.05) is 0 Å². The molecule has 2 nitrogen and oxygen atoms in total. The minimum absolute atomic E-state index is 0.709. The van der Waals surface area contributed by atoms with Crippen molar-refractivity contribution >= 4 is 75.4 Å². The molecule has 12 aromatic rings. The topological polar surface area (TPSA) is 25.8 Å². The van der Waals surface area contributed by atoms with E-state index < -0.39 is 0 Å². The molecule has 0 saturated carbocycles. The Bertz CT molecular complexity index is 3510. The Morgan fingerprint density at radius 1 is 0.232 bits per heavy atom. The molecule has 2 heteroatoms. The van der Waals surface area contributed by atoms with Crippen LogP contribution in [0.4, 0.5) is 0 Å². The predicted molar refractivity (Wildman–Crippen MR) is 238 cm³/mol. The zero-order chi connectivity index (χ0) is 36.7. The van der Waals surface area contributed by atoms with Crippen LogP contribution in [0.15, 0.2) is 194 Å². The fraction of sp³-hybridized carbons (Fsp3) is 0. The maximum Gasteiger partial charge on any atom is 0.160 e. The third-order valence-corrected chi connectivity index (χ3v) is 11.7. The normalized spacial score (nSPS) is 11.9. The van der Waals surface area contributed by atoms with Crippen LogP contribution in [0.3, 0.4) is 0 Å². The molecule has 0 unspecified atom stereocenters. The minimum atomic E-state index is 0.709. The number of nitrogens with zero attached hydrogens (tertiary/aromatic N) is 2. The Kier molecular flexibility index (Phi) is 6.66. The molecule has 258 valence electrons. The van der Waals surface area contributed by atoms with E-state index in [2.05, 4.69) is 188 Å². The van der Waals surface area contributed by atoms with Gasteiger partial charge in [-0.2, -0.15) is 0 Å². The van der Waals surface area contributed by atoms with Crippen LogP contribution in [0.25, 0.3) is 120 Å². The van der Waals surface area contributed by atoms with Gasteiger partial charge in [-0.05, 0) is 111 Å². The van der Waals surface area contributed by atoms with Crippen molar-refractivity contribution in [3.8, 4) is 45.0 Å². The molecule has 0 aliphatic carbocycles. The van der Waals surface area contributed by atoms with Crippen LogP contribution < -0.4 is 0 Å². The van der Waals surface area contributed by atoms with Crippen molar-refractivity contribution in [2.24, 2.45) is 0 Å². The van der Waals surface area contributed by atoms with Gasteiger partial charge in [-0.3, -0.25) is 0 Å². The van der Waals surface area contributed by atoms with Gasteiger partial charge in [-0.15, -0.1) is 0 Å². The molecule has 0 atom stereocenters. The number of rotatable bonds is 4. The highest BCUT2D eigenvalue weighted by molar-refractivity contribution is 6.37. The van der Waals surface area contributed by atoms with Gasteiger partial charge in [-0.1, -0.05) is 170 Å². The Labute approximate surface area is 323 Å². The van der Waals surface area contributed by atoms with Gasteiger partial charge in [0, 0.05) is 16.7 Å². The van der Waals surface area contributed by atoms with E-state index in [1.54, 1.807) is 0 Å². The molecule has 0 aliphatic rings. The summed E-state index contributed by atoms with van der Waals surface area (Å²) in [6.45, 7) is 0. The number of hydrogen-bond acceptors (Lipinski definition) is 2. The summed E-state index contributed by atoms with van der Waals surface area (Å²) in [7, 11) is 0. The first kappa shape index (κ1) is 31.0. The molecule has 0 fully saturated rings. The van der Waals surface area contributed by atoms with Crippen molar-refractivity contribution in [2.45, 2.75) is 0 Å². The molecule has 0 spiro atoms. The van der Waals surface area contributed by atoms with E-state index >= 15 is 0 Å². The van der Waals surface area contributed by atoms with Gasteiger partial charge in [-0.25, -0.2) is 9.97 Å². The highest BCUT2D eigenvalue weighted by atomic mass is 14.9. The summed E-state index contributed by atoms with van der Waals surface area (Å²) in [5, 5.41) is 17.6. The second-order valence-electron chi connectivity index (χ2n) is 14.9. The van der Waals surface area contributed by atoms with E-state index in [4.69, 9.17) is 9.97 Å². The Morgan fingerprint density at radius 3 is 1.36 bits per heavy atom. The molecule has 0 bridgehead atoms. The monoisotopic (exact) mass is 708 g/mol. The second kappa shape index (κ2) is 12.0. The molecule has 0 saturated heterocycles. The lowest BCUT2D eigenvalue weighted by Gasteiger charge is -2.17. The molecule has 56 heavy (non-hydrogen) atoms. The summed E-state index contributed by atoms with van der Waals surface area (Å²) >= 11 is 0. The number of fused-ring (bicyclic) bond motifs is 3. The van der Waals surface area contributed by atoms with Crippen LogP contribution >= 0.6 is 0 Å². The molecule has 0 amide bonds. The average molecular weight is 709 g/mol. The smallest absolute Gasteiger partial charge is 0.160 e. The van der Waals surface area contributed by atoms with Gasteiger partial charge in [0.2, 0.25) is 0 Å². The molecule has 0 N–H and O–H groups in total. The lowest BCUT2D eigenvalue weighted by Crippen LogP contribution is -1.96. The summed E-state index contributed by atoms with van der Waals surface area (Å²) in [5.41, 5.74) is 7.27. The minimum Gasteiger partial charge on any atom is -0.228 e. The zero-order valence-corrected chi connectivity index (χ0v) is 30.4. The Morgan fingerprint density at radius 2 is 0.696 bits per heavy atom. The first-order chi connectivity index (χ1) is 27.7. The van der Waals surface area contributed by atoms with Crippen LogP contribution in [0, 0.1) is 0 Å². The third kappa shape index (κ3) is 4.76. The van der Waals surface area contributed by atoms with Gasteiger partial charge in [0.1, 0.15) is 0 Å². The predicted octanol–water partition coefficient (Wildman–Crippen LogP) is 14.7. The largest absolute Gasteiger partial charge is 0.228 e. The van der Waals surface area contributed by atoms with E-state index in [1.165, 1.54) is 86.5 Å². The van der Waals surface area contributed by atoms with Crippen molar-refractivity contribution in [1.82, 2.24) is 9.97 Å². The van der Waals surface area contributed by atoms with E-state index in [-0.39, 0.29) is 0 Å². The van der Waals surface area contributed by atoms with Crippen LogP contribution in [-0.2, 0) is 0 Å². The standard InChI is InChI=1S/C54H32N2/c1-2-10-39(11-3-1)54-55-48(35-22-19-34(20-23-35)41-27-21-33-9-4-5-12-40(33)29-41)32-49(56-54)43-30-42-28-26-38-14-7-17-45-44-16-6-13-36-24-25-37-15-8-18-46(52(37)50(36)44)47(31-43)53(42)51(38)45/h1-32H. The van der Waals surface area contributed by atoms with Gasteiger partial charge in [0.15, 0.2) is 5.82 Å². The van der Waals surface area contributed by atoms with Gasteiger partial charge in [0.25, 0.3) is 0 Å². The molecule has 12 rings (SSSR count). The molecular formula is C54H32N2. The van der Waals surface area contributed by atoms with E-state index in [0.717, 1.165) is 28.1 Å². The fourth-order valence-corrected chi connectivity index (χ4v) is 9.09. The summed E-state index contributed by atoms with van der Waals surface area (Å²) in [5.74, 6) is 0.709. The molecule has 0 aliphatic heterocycles. The van der Waals surface area contributed by atoms with Crippen molar-refractivity contribution < 1.29 is 0 Å². The SMILES string of the molecule is c1ccc(-c2nc(-c3ccc(-c4ccc5ccccc5c4)cc3)cc(-c3cc4ccc5cccc6c7cccc8ccc9cccc(c(c3)c4c56)c9c87)n2)cc1. The summed E-state index contributed by atoms with van der Waals surface area (Å²) in [6, 6.07) is 70.5. The molecule has 1 aromatic heterocycles. The van der Waals surface area contributed by atoms with Gasteiger partial charge in [0.05, 0.1) is 11.4 Å². The van der Waals surface area contributed by atoms with E-state index in [1.807, 2.05) is 6.07 Å². The lowest BCUT2D eigenvalue weighted by molar-refractivity contribution is 1.18. The van der Waals surface area contributed by atoms with Crippen LogP contribution in [0.1, 0.15) is 0 Å². The molecular weight excluding hydrogens is 677 g/mol. The highest BCUT2D eigenvalue weighted by Gasteiger charge is 2.18. The second-order valence-corrected chi connectivity index (χ2v) is 14.9. The zero-order valence-electron chi connectivity index (χ0n) is 30.4. The van der Waals surface area contributed by atoms with E-state index in [0.29, 0.717) is 5.82 Å². The van der Waals surface area contributed by atoms with Gasteiger partial charge < -0.3 is 0 Å². The number of benzene rings is 10. The Balaban J connectivity index is 1.12. The fourth-order valence-electron chi connectivity index (χ4n) is 9.09. The van der Waals surface area contributed by atoms with Crippen LogP contribution in [0.5, 0.6) is 0 Å². The Hall–Kier alpha value is -7.42. The highest BCUT2D eigenvalue weighted by Crippen LogP contribution is 2.44. The maximum atomic E-state index is 5.31. The maximum absolute atomic E-state index is 5.31. The molecule has 1 heterocycles. The van der Waals surface area contributed by atoms with Crippen molar-refractivity contribution in [3.05, 3.63) is 194 Å². The lowest BCUT2D eigenvalue weighted by atomic mass is 9.87. The summed E-state index contributed by atoms with van der Waals surface area (Å²) < 4.78 is 0. The molecule has 11 aromatic carbocycles. The van der Waals surface area contributed by atoms with Crippen molar-refractivity contribution in [3.63, 3.8) is 0 Å². The number of hydrogen-bond donors (Lipinski definition) is 0. The van der Waals surface area contributed by atoms with E-state index in [9.17, 15) is 0 Å². The summed E-state index contributed by atoms with van der Waals surface area (Å²) in [4.78, 5) is 10.5. The summed E-state index contributed by atoms with van der Waals surface area (Å²) in [6.07, 6.45) is 0. The first-order valence-corrected chi connectivity index (χ1v) is 19.2. The van der Waals surface area contributed by atoms with Crippen molar-refractivity contribution in [1.29, 1.82) is 0 Å². The first-order valence-electron chi connectivity index (χ1n) is 19.2. The average Bonchev–Trinajstić information content (AvgIpc) is 3.27. The van der Waals surface area contributed by atoms with Crippen LogP contribution in [-0.4, -0.2) is 9.97 Å². The quantitative estimate of drug-likeness (QED) is 0.170. The number of aromatic nitrogens is 2. The third-order valence-electron chi connectivity index (χ3n) is 11.7.